The third kappa shape index (κ3) is 2.03. The summed E-state index contributed by atoms with van der Waals surface area (Å²) < 4.78 is 14.7. The molecule has 2 aromatic rings. The number of aryl methyl sites for hydroxylation is 2. The summed E-state index contributed by atoms with van der Waals surface area (Å²) in [6, 6.07) is 3.72. The largest absolute Gasteiger partial charge is 0.300 e. The second-order valence-corrected chi connectivity index (χ2v) is 5.22. The number of halogens is 2. The molecule has 0 unspecified atom stereocenters. The van der Waals surface area contributed by atoms with E-state index in [0.29, 0.717) is 22.1 Å². The number of hydrogen-bond acceptors (Lipinski definition) is 3. The zero-order chi connectivity index (χ0) is 15.3. The first-order valence-corrected chi connectivity index (χ1v) is 6.61. The third-order valence-electron chi connectivity index (χ3n) is 3.52. The Balaban J connectivity index is 2.04. The highest BCUT2D eigenvalue weighted by molar-refractivity contribution is 6.52. The second kappa shape index (κ2) is 4.66. The Labute approximate surface area is 124 Å². The van der Waals surface area contributed by atoms with Crippen LogP contribution in [0.1, 0.15) is 21.6 Å². The van der Waals surface area contributed by atoms with Gasteiger partial charge in [-0.15, -0.1) is 0 Å². The van der Waals surface area contributed by atoms with Crippen molar-refractivity contribution < 1.29 is 14.0 Å². The van der Waals surface area contributed by atoms with E-state index in [2.05, 4.69) is 5.10 Å². The maximum Gasteiger partial charge on any atom is 0.299 e. The number of Topliss-reactive ketones (excluding diaryl/α,β-unsaturated/α-hetero) is 1. The van der Waals surface area contributed by atoms with E-state index >= 15 is 0 Å². The highest BCUT2D eigenvalue weighted by Crippen LogP contribution is 2.32. The van der Waals surface area contributed by atoms with Crippen molar-refractivity contribution in [1.29, 1.82) is 0 Å². The average Bonchev–Trinajstić information content (AvgIpc) is 2.81. The quantitative estimate of drug-likeness (QED) is 0.800. The van der Waals surface area contributed by atoms with Gasteiger partial charge >= 0.3 is 0 Å². The molecule has 0 saturated carbocycles. The van der Waals surface area contributed by atoms with Gasteiger partial charge in [0.1, 0.15) is 11.0 Å². The number of fused-ring (bicyclic) bond motifs is 1. The summed E-state index contributed by atoms with van der Waals surface area (Å²) in [6.45, 7) is 1.90. The van der Waals surface area contributed by atoms with E-state index in [4.69, 9.17) is 11.6 Å². The van der Waals surface area contributed by atoms with Gasteiger partial charge in [-0.1, -0.05) is 11.6 Å². The van der Waals surface area contributed by atoms with E-state index < -0.39 is 17.5 Å². The molecule has 0 atom stereocenters. The van der Waals surface area contributed by atoms with Crippen LogP contribution in [-0.4, -0.2) is 21.5 Å². The van der Waals surface area contributed by atoms with E-state index in [0.717, 1.165) is 6.07 Å². The molecule has 1 amide bonds. The molecule has 0 fully saturated rings. The van der Waals surface area contributed by atoms with Crippen molar-refractivity contribution in [3.63, 3.8) is 0 Å². The van der Waals surface area contributed by atoms with Gasteiger partial charge in [0.15, 0.2) is 0 Å². The molecule has 1 aromatic carbocycles. The topological polar surface area (TPSA) is 55.2 Å². The number of anilines is 1. The minimum Gasteiger partial charge on any atom is -0.300 e. The minimum absolute atomic E-state index is 0.0812. The zero-order valence-electron chi connectivity index (χ0n) is 11.4. The van der Waals surface area contributed by atoms with Gasteiger partial charge in [0.2, 0.25) is 0 Å². The molecule has 1 aromatic heterocycles. The molecule has 21 heavy (non-hydrogen) atoms. The summed E-state index contributed by atoms with van der Waals surface area (Å²) in [5, 5.41) is 4.57. The Morgan fingerprint density at radius 2 is 2.05 bits per heavy atom. The number of nitrogens with zero attached hydrogens (tertiary/aromatic N) is 3. The molecule has 0 N–H and O–H groups in total. The summed E-state index contributed by atoms with van der Waals surface area (Å²) in [4.78, 5) is 25.3. The smallest absolute Gasteiger partial charge is 0.299 e. The number of hydrogen-bond donors (Lipinski definition) is 0. The Kier molecular flexibility index (Phi) is 3.06. The molecule has 0 aliphatic carbocycles. The molecule has 0 spiro atoms. The number of rotatable bonds is 2. The molecule has 1 aliphatic rings. The third-order valence-corrected chi connectivity index (χ3v) is 3.99. The van der Waals surface area contributed by atoms with Gasteiger partial charge in [-0.2, -0.15) is 5.10 Å². The van der Waals surface area contributed by atoms with Crippen LogP contribution in [-0.2, 0) is 18.4 Å². The first kappa shape index (κ1) is 13.8. The first-order valence-electron chi connectivity index (χ1n) is 6.24. The van der Waals surface area contributed by atoms with Gasteiger partial charge in [0.05, 0.1) is 23.5 Å². The molecular weight excluding hydrogens is 297 g/mol. The number of benzene rings is 1. The van der Waals surface area contributed by atoms with Crippen LogP contribution in [0.15, 0.2) is 18.2 Å². The highest BCUT2D eigenvalue weighted by Gasteiger charge is 2.36. The number of aromatic nitrogens is 2. The van der Waals surface area contributed by atoms with Gasteiger partial charge in [-0.3, -0.25) is 14.3 Å². The van der Waals surface area contributed by atoms with Crippen molar-refractivity contribution in [2.45, 2.75) is 13.5 Å². The maximum absolute atomic E-state index is 13.2. The summed E-state index contributed by atoms with van der Waals surface area (Å²) >= 11 is 6.15. The minimum atomic E-state index is -0.706. The van der Waals surface area contributed by atoms with Gasteiger partial charge in [0.25, 0.3) is 11.7 Å². The lowest BCUT2D eigenvalue weighted by Gasteiger charge is -2.16. The Morgan fingerprint density at radius 1 is 1.33 bits per heavy atom. The number of carbonyl (C=O) groups excluding carboxylic acids is 2. The van der Waals surface area contributed by atoms with Crippen LogP contribution in [0.5, 0.6) is 0 Å². The lowest BCUT2D eigenvalue weighted by molar-refractivity contribution is -0.114. The molecule has 108 valence electrons. The number of carbonyl (C=O) groups is 2. The molecule has 2 heterocycles. The Bertz CT molecular complexity index is 785. The van der Waals surface area contributed by atoms with Crippen LogP contribution in [0.4, 0.5) is 10.1 Å². The van der Waals surface area contributed by atoms with Crippen molar-refractivity contribution >= 4 is 29.0 Å². The van der Waals surface area contributed by atoms with Gasteiger partial charge in [-0.25, -0.2) is 4.39 Å². The SMILES string of the molecule is Cc1nn(C)c(Cl)c1CN1C(=O)C(=O)c2cc(F)ccc21. The maximum atomic E-state index is 13.2. The van der Waals surface area contributed by atoms with Crippen LogP contribution in [0.25, 0.3) is 0 Å². The highest BCUT2D eigenvalue weighted by atomic mass is 35.5. The van der Waals surface area contributed by atoms with E-state index in [1.165, 1.54) is 21.7 Å². The van der Waals surface area contributed by atoms with Crippen molar-refractivity contribution in [2.75, 3.05) is 4.90 Å². The molecule has 1 aliphatic heterocycles. The molecule has 0 bridgehead atoms. The fourth-order valence-corrected chi connectivity index (χ4v) is 2.68. The zero-order valence-corrected chi connectivity index (χ0v) is 12.1. The van der Waals surface area contributed by atoms with Crippen LogP contribution in [0.2, 0.25) is 5.15 Å². The fraction of sp³-hybridized carbons (Fsp3) is 0.214. The van der Waals surface area contributed by atoms with Gasteiger partial charge in [-0.05, 0) is 25.1 Å². The first-order chi connectivity index (χ1) is 9.90. The van der Waals surface area contributed by atoms with E-state index in [1.54, 1.807) is 14.0 Å². The predicted molar refractivity (Wildman–Crippen MR) is 74.9 cm³/mol. The summed E-state index contributed by atoms with van der Waals surface area (Å²) in [5.74, 6) is -1.94. The normalized spacial score (nSPS) is 14.0. The number of amides is 1. The van der Waals surface area contributed by atoms with Crippen molar-refractivity contribution in [3.05, 3.63) is 46.0 Å². The van der Waals surface area contributed by atoms with Crippen LogP contribution in [0.3, 0.4) is 0 Å². The van der Waals surface area contributed by atoms with E-state index in [1.807, 2.05) is 0 Å². The summed E-state index contributed by atoms with van der Waals surface area (Å²) in [5.41, 5.74) is 1.82. The average molecular weight is 308 g/mol. The Hall–Kier alpha value is -2.21. The lowest BCUT2D eigenvalue weighted by Crippen LogP contribution is -2.29. The number of ketones is 1. The molecular formula is C14H11ClFN3O2. The Morgan fingerprint density at radius 3 is 2.67 bits per heavy atom. The van der Waals surface area contributed by atoms with Crippen molar-refractivity contribution in [2.24, 2.45) is 7.05 Å². The van der Waals surface area contributed by atoms with E-state index in [9.17, 15) is 14.0 Å². The van der Waals surface area contributed by atoms with Crippen molar-refractivity contribution in [3.8, 4) is 0 Å². The molecule has 3 rings (SSSR count). The van der Waals surface area contributed by atoms with Gasteiger partial charge < -0.3 is 4.90 Å². The summed E-state index contributed by atoms with van der Waals surface area (Å²) in [6.07, 6.45) is 0. The second-order valence-electron chi connectivity index (χ2n) is 4.86. The van der Waals surface area contributed by atoms with Crippen LogP contribution < -0.4 is 4.90 Å². The molecule has 5 nitrogen and oxygen atoms in total. The van der Waals surface area contributed by atoms with Crippen molar-refractivity contribution in [1.82, 2.24) is 9.78 Å². The lowest BCUT2D eigenvalue weighted by atomic mass is 10.1. The van der Waals surface area contributed by atoms with E-state index in [-0.39, 0.29) is 12.1 Å². The van der Waals surface area contributed by atoms with Crippen LogP contribution >= 0.6 is 11.6 Å². The molecule has 0 radical (unpaired) electrons. The summed E-state index contributed by atoms with van der Waals surface area (Å²) in [7, 11) is 1.69. The molecule has 7 heteroatoms. The predicted octanol–water partition coefficient (Wildman–Crippen LogP) is 2.25. The molecule has 0 saturated heterocycles. The fourth-order valence-electron chi connectivity index (χ4n) is 2.44. The standard InChI is InChI=1S/C14H11ClFN3O2/c1-7-10(13(15)18(2)17-7)6-19-11-4-3-8(16)5-9(11)12(20)14(19)21/h3-5H,6H2,1-2H3. The van der Waals surface area contributed by atoms with Gasteiger partial charge in [0, 0.05) is 12.6 Å². The van der Waals surface area contributed by atoms with Crippen LogP contribution in [0, 0.1) is 12.7 Å². The monoisotopic (exact) mass is 307 g/mol.